The van der Waals surface area contributed by atoms with Crippen molar-refractivity contribution in [1.82, 2.24) is 4.90 Å². The second-order valence-electron chi connectivity index (χ2n) is 3.56. The van der Waals surface area contributed by atoms with E-state index in [9.17, 15) is 0 Å². The summed E-state index contributed by atoms with van der Waals surface area (Å²) in [6, 6.07) is 0. The minimum atomic E-state index is 0.289. The molecule has 3 nitrogen and oxygen atoms in total. The van der Waals surface area contributed by atoms with E-state index >= 15 is 0 Å². The number of nitrogens with two attached hydrogens (primary N) is 1. The smallest absolute Gasteiger partial charge is 0.0918 e. The maximum absolute atomic E-state index is 7.10. The van der Waals surface area contributed by atoms with Crippen LogP contribution in [0.3, 0.4) is 0 Å². The highest BCUT2D eigenvalue weighted by Crippen LogP contribution is 1.98. The van der Waals surface area contributed by atoms with Gasteiger partial charge in [0.25, 0.3) is 0 Å². The van der Waals surface area contributed by atoms with Gasteiger partial charge in [-0.25, -0.2) is 0 Å². The van der Waals surface area contributed by atoms with Crippen molar-refractivity contribution in [3.63, 3.8) is 0 Å². The van der Waals surface area contributed by atoms with Gasteiger partial charge in [-0.15, -0.1) is 0 Å². The molecule has 12 heavy (non-hydrogen) atoms. The molecule has 3 heteroatoms. The Morgan fingerprint density at radius 1 is 1.50 bits per heavy atom. The van der Waals surface area contributed by atoms with Crippen molar-refractivity contribution >= 4 is 5.84 Å². The van der Waals surface area contributed by atoms with Crippen molar-refractivity contribution in [2.75, 3.05) is 19.6 Å². The molecule has 0 saturated carbocycles. The standard InChI is InChI=1S/C9H21N3/c1-4-12(7-8(2)3)6-5-9(10)11/h8H,4-7H2,1-3H3,(H3,10,11). The SMILES string of the molecule is CCN(CCC(=N)N)CC(C)C. The summed E-state index contributed by atoms with van der Waals surface area (Å²) in [6.07, 6.45) is 0.695. The summed E-state index contributed by atoms with van der Waals surface area (Å²) in [5, 5.41) is 7.10. The predicted molar refractivity (Wildman–Crippen MR) is 53.5 cm³/mol. The number of rotatable bonds is 6. The summed E-state index contributed by atoms with van der Waals surface area (Å²) in [5.74, 6) is 0.981. The molecular formula is C9H21N3. The molecule has 0 aliphatic heterocycles. The zero-order valence-corrected chi connectivity index (χ0v) is 8.43. The van der Waals surface area contributed by atoms with E-state index < -0.39 is 0 Å². The summed E-state index contributed by atoms with van der Waals surface area (Å²) in [7, 11) is 0. The molecule has 0 rings (SSSR count). The lowest BCUT2D eigenvalue weighted by Crippen LogP contribution is -2.30. The molecule has 0 fully saturated rings. The third kappa shape index (κ3) is 6.16. The quantitative estimate of drug-likeness (QED) is 0.467. The van der Waals surface area contributed by atoms with Crippen LogP contribution in [0.5, 0.6) is 0 Å². The van der Waals surface area contributed by atoms with Crippen LogP contribution in [0.1, 0.15) is 27.2 Å². The normalized spacial score (nSPS) is 11.1. The Kier molecular flexibility index (Phi) is 5.72. The molecule has 3 N–H and O–H groups in total. The summed E-state index contributed by atoms with van der Waals surface area (Å²) in [6.45, 7) is 9.62. The Bertz CT molecular complexity index is 132. The molecule has 72 valence electrons. The summed E-state index contributed by atoms with van der Waals surface area (Å²) < 4.78 is 0. The number of hydrogen-bond donors (Lipinski definition) is 2. The molecule has 0 saturated heterocycles. The van der Waals surface area contributed by atoms with Crippen molar-refractivity contribution < 1.29 is 0 Å². The Morgan fingerprint density at radius 2 is 2.08 bits per heavy atom. The lowest BCUT2D eigenvalue weighted by Gasteiger charge is -2.21. The van der Waals surface area contributed by atoms with Gasteiger partial charge in [0.1, 0.15) is 0 Å². The van der Waals surface area contributed by atoms with E-state index in [1.165, 1.54) is 0 Å². The van der Waals surface area contributed by atoms with E-state index in [4.69, 9.17) is 11.1 Å². The zero-order valence-electron chi connectivity index (χ0n) is 8.43. The van der Waals surface area contributed by atoms with Crippen LogP contribution in [-0.4, -0.2) is 30.4 Å². The Balaban J connectivity index is 3.60. The van der Waals surface area contributed by atoms with Crippen LogP contribution in [0, 0.1) is 11.3 Å². The maximum Gasteiger partial charge on any atom is 0.0918 e. The number of hydrogen-bond acceptors (Lipinski definition) is 2. The van der Waals surface area contributed by atoms with Gasteiger partial charge in [0.2, 0.25) is 0 Å². The minimum absolute atomic E-state index is 0.289. The van der Waals surface area contributed by atoms with Gasteiger partial charge in [-0.3, -0.25) is 5.41 Å². The number of nitrogens with one attached hydrogen (secondary N) is 1. The van der Waals surface area contributed by atoms with Crippen LogP contribution in [0.25, 0.3) is 0 Å². The Labute approximate surface area is 75.4 Å². The van der Waals surface area contributed by atoms with E-state index in [2.05, 4.69) is 25.7 Å². The van der Waals surface area contributed by atoms with Crippen LogP contribution in [-0.2, 0) is 0 Å². The van der Waals surface area contributed by atoms with E-state index in [1.807, 2.05) is 0 Å². The molecule has 0 amide bonds. The van der Waals surface area contributed by atoms with E-state index in [-0.39, 0.29) is 5.84 Å². The van der Waals surface area contributed by atoms with Crippen molar-refractivity contribution in [2.24, 2.45) is 11.7 Å². The molecule has 0 bridgehead atoms. The number of nitrogens with zero attached hydrogens (tertiary/aromatic N) is 1. The molecule has 0 atom stereocenters. The third-order valence-electron chi connectivity index (χ3n) is 1.77. The molecule has 0 unspecified atom stereocenters. The lowest BCUT2D eigenvalue weighted by atomic mass is 10.2. The zero-order chi connectivity index (χ0) is 9.56. The fourth-order valence-electron chi connectivity index (χ4n) is 1.17. The van der Waals surface area contributed by atoms with Gasteiger partial charge in [-0.1, -0.05) is 20.8 Å². The van der Waals surface area contributed by atoms with E-state index in [0.29, 0.717) is 12.3 Å². The largest absolute Gasteiger partial charge is 0.388 e. The second kappa shape index (κ2) is 6.00. The predicted octanol–water partition coefficient (Wildman–Crippen LogP) is 1.29. The monoisotopic (exact) mass is 171 g/mol. The molecule has 0 aromatic rings. The Hall–Kier alpha value is -0.570. The third-order valence-corrected chi connectivity index (χ3v) is 1.77. The first-order valence-electron chi connectivity index (χ1n) is 4.61. The molecule has 0 aromatic carbocycles. The second-order valence-corrected chi connectivity index (χ2v) is 3.56. The van der Waals surface area contributed by atoms with Crippen molar-refractivity contribution in [1.29, 1.82) is 5.41 Å². The average Bonchev–Trinajstić information content (AvgIpc) is 1.97. The summed E-state index contributed by atoms with van der Waals surface area (Å²) in [5.41, 5.74) is 5.28. The molecule has 0 heterocycles. The van der Waals surface area contributed by atoms with Gasteiger partial charge in [-0.05, 0) is 12.5 Å². The van der Waals surface area contributed by atoms with Gasteiger partial charge >= 0.3 is 0 Å². The van der Waals surface area contributed by atoms with Crippen LogP contribution >= 0.6 is 0 Å². The molecule has 0 aromatic heterocycles. The van der Waals surface area contributed by atoms with Gasteiger partial charge in [0.15, 0.2) is 0 Å². The van der Waals surface area contributed by atoms with Crippen LogP contribution in [0.4, 0.5) is 0 Å². The molecule has 0 spiro atoms. The molecule has 0 aliphatic rings. The van der Waals surface area contributed by atoms with Crippen LogP contribution in [0.15, 0.2) is 0 Å². The fraction of sp³-hybridized carbons (Fsp3) is 0.889. The highest BCUT2D eigenvalue weighted by atomic mass is 15.1. The molecule has 0 aliphatic carbocycles. The lowest BCUT2D eigenvalue weighted by molar-refractivity contribution is 0.263. The highest BCUT2D eigenvalue weighted by molar-refractivity contribution is 5.76. The summed E-state index contributed by atoms with van der Waals surface area (Å²) in [4.78, 5) is 2.33. The maximum atomic E-state index is 7.10. The van der Waals surface area contributed by atoms with Crippen LogP contribution in [0.2, 0.25) is 0 Å². The van der Waals surface area contributed by atoms with Crippen molar-refractivity contribution in [2.45, 2.75) is 27.2 Å². The first-order valence-corrected chi connectivity index (χ1v) is 4.61. The molecular weight excluding hydrogens is 150 g/mol. The van der Waals surface area contributed by atoms with Crippen molar-refractivity contribution in [3.05, 3.63) is 0 Å². The van der Waals surface area contributed by atoms with Gasteiger partial charge < -0.3 is 10.6 Å². The number of amidine groups is 1. The molecule has 0 radical (unpaired) electrons. The van der Waals surface area contributed by atoms with Gasteiger partial charge in [0, 0.05) is 19.5 Å². The fourth-order valence-corrected chi connectivity index (χ4v) is 1.17. The minimum Gasteiger partial charge on any atom is -0.388 e. The average molecular weight is 171 g/mol. The van der Waals surface area contributed by atoms with Gasteiger partial charge in [-0.2, -0.15) is 0 Å². The van der Waals surface area contributed by atoms with E-state index in [0.717, 1.165) is 19.6 Å². The van der Waals surface area contributed by atoms with Crippen molar-refractivity contribution in [3.8, 4) is 0 Å². The highest BCUT2D eigenvalue weighted by Gasteiger charge is 2.04. The topological polar surface area (TPSA) is 53.1 Å². The van der Waals surface area contributed by atoms with E-state index in [1.54, 1.807) is 0 Å². The Morgan fingerprint density at radius 3 is 2.42 bits per heavy atom. The first kappa shape index (κ1) is 11.4. The van der Waals surface area contributed by atoms with Crippen LogP contribution < -0.4 is 5.73 Å². The summed E-state index contributed by atoms with van der Waals surface area (Å²) >= 11 is 0. The first-order chi connectivity index (χ1) is 5.56. The van der Waals surface area contributed by atoms with Gasteiger partial charge in [0.05, 0.1) is 5.84 Å².